The van der Waals surface area contributed by atoms with E-state index in [0.717, 1.165) is 11.1 Å². The second kappa shape index (κ2) is 6.49. The zero-order valence-corrected chi connectivity index (χ0v) is 13.9. The molecule has 0 aliphatic rings. The van der Waals surface area contributed by atoms with E-state index in [4.69, 9.17) is 4.42 Å². The van der Waals surface area contributed by atoms with Crippen LogP contribution in [-0.2, 0) is 6.42 Å². The molecule has 0 spiro atoms. The van der Waals surface area contributed by atoms with Gasteiger partial charge in [0.05, 0.1) is 6.10 Å². The van der Waals surface area contributed by atoms with Crippen LogP contribution in [0.5, 0.6) is 0 Å². The van der Waals surface area contributed by atoms with Crippen molar-refractivity contribution < 1.29 is 9.52 Å². The Bertz CT molecular complexity index is 728. The van der Waals surface area contributed by atoms with E-state index in [-0.39, 0.29) is 11.3 Å². The molecule has 0 radical (unpaired) electrons. The number of aryl methyl sites for hydroxylation is 2. The molecule has 2 aromatic rings. The van der Waals surface area contributed by atoms with Crippen LogP contribution >= 0.6 is 0 Å². The van der Waals surface area contributed by atoms with Gasteiger partial charge in [0.15, 0.2) is 5.43 Å². The number of hydrogen-bond donors (Lipinski definition) is 1. The van der Waals surface area contributed by atoms with Crippen LogP contribution in [0.2, 0.25) is 0 Å². The van der Waals surface area contributed by atoms with Crippen LogP contribution in [0.25, 0.3) is 0 Å². The Morgan fingerprint density at radius 1 is 1.18 bits per heavy atom. The molecule has 0 bridgehead atoms. The zero-order chi connectivity index (χ0) is 16.4. The molecule has 1 aromatic heterocycles. The fourth-order valence-corrected chi connectivity index (χ4v) is 2.86. The number of hydrogen-bond acceptors (Lipinski definition) is 3. The minimum Gasteiger partial charge on any atom is -0.465 e. The summed E-state index contributed by atoms with van der Waals surface area (Å²) in [4.78, 5) is 12.3. The molecule has 0 aliphatic carbocycles. The summed E-state index contributed by atoms with van der Waals surface area (Å²) in [6.45, 7) is 9.42. The van der Waals surface area contributed by atoms with Gasteiger partial charge in [0, 0.05) is 23.5 Å². The van der Waals surface area contributed by atoms with Crippen molar-refractivity contribution in [1.82, 2.24) is 0 Å². The normalized spacial score (nSPS) is 13.9. The number of aliphatic hydroxyl groups excluding tert-OH is 1. The molecule has 22 heavy (non-hydrogen) atoms. The quantitative estimate of drug-likeness (QED) is 0.929. The Labute approximate surface area is 131 Å². The third kappa shape index (κ3) is 3.00. The Morgan fingerprint density at radius 2 is 1.86 bits per heavy atom. The van der Waals surface area contributed by atoms with Gasteiger partial charge in [0.25, 0.3) is 0 Å². The molecular weight excluding hydrogens is 276 g/mol. The monoisotopic (exact) mass is 300 g/mol. The third-order valence-electron chi connectivity index (χ3n) is 4.29. The van der Waals surface area contributed by atoms with E-state index in [0.29, 0.717) is 29.1 Å². The van der Waals surface area contributed by atoms with E-state index in [1.165, 1.54) is 0 Å². The first-order chi connectivity index (χ1) is 10.4. The maximum Gasteiger partial charge on any atom is 0.191 e. The van der Waals surface area contributed by atoms with Gasteiger partial charge in [-0.3, -0.25) is 4.79 Å². The van der Waals surface area contributed by atoms with Gasteiger partial charge in [0.1, 0.15) is 11.5 Å². The van der Waals surface area contributed by atoms with Crippen LogP contribution in [0.1, 0.15) is 59.6 Å². The summed E-state index contributed by atoms with van der Waals surface area (Å²) in [6, 6.07) is 7.78. The first-order valence-electron chi connectivity index (χ1n) is 7.74. The van der Waals surface area contributed by atoms with Crippen LogP contribution in [-0.4, -0.2) is 5.11 Å². The van der Waals surface area contributed by atoms with Crippen molar-refractivity contribution in [1.29, 1.82) is 0 Å². The van der Waals surface area contributed by atoms with Crippen LogP contribution in [0.3, 0.4) is 0 Å². The summed E-state index contributed by atoms with van der Waals surface area (Å²) < 4.78 is 5.94. The van der Waals surface area contributed by atoms with Crippen LogP contribution in [0, 0.1) is 20.8 Å². The van der Waals surface area contributed by atoms with Crippen molar-refractivity contribution in [3.05, 3.63) is 68.3 Å². The molecular formula is C19H24O3. The van der Waals surface area contributed by atoms with Gasteiger partial charge in [-0.15, -0.1) is 0 Å². The topological polar surface area (TPSA) is 50.4 Å². The predicted octanol–water partition coefficient (Wildman–Crippen LogP) is 3.96. The van der Waals surface area contributed by atoms with Crippen molar-refractivity contribution >= 4 is 0 Å². The second-order valence-electron chi connectivity index (χ2n) is 5.97. The van der Waals surface area contributed by atoms with Gasteiger partial charge in [-0.05, 0) is 26.3 Å². The number of rotatable bonds is 4. The van der Waals surface area contributed by atoms with Crippen molar-refractivity contribution in [3.8, 4) is 0 Å². The maximum atomic E-state index is 12.3. The van der Waals surface area contributed by atoms with Gasteiger partial charge < -0.3 is 9.52 Å². The minimum absolute atomic E-state index is 0.0152. The van der Waals surface area contributed by atoms with E-state index in [1.807, 2.05) is 45.0 Å². The van der Waals surface area contributed by atoms with E-state index in [1.54, 1.807) is 13.8 Å². The lowest BCUT2D eigenvalue weighted by Gasteiger charge is -2.21. The van der Waals surface area contributed by atoms with Crippen LogP contribution < -0.4 is 5.43 Å². The van der Waals surface area contributed by atoms with Crippen molar-refractivity contribution in [2.75, 3.05) is 0 Å². The van der Waals surface area contributed by atoms with Gasteiger partial charge in [-0.25, -0.2) is 0 Å². The first-order valence-corrected chi connectivity index (χ1v) is 7.74. The molecule has 0 amide bonds. The summed E-state index contributed by atoms with van der Waals surface area (Å²) in [7, 11) is 0. The number of benzene rings is 1. The lowest BCUT2D eigenvalue weighted by atomic mass is 9.91. The van der Waals surface area contributed by atoms with E-state index >= 15 is 0 Å². The smallest absolute Gasteiger partial charge is 0.191 e. The number of aliphatic hydroxyl groups is 1. The van der Waals surface area contributed by atoms with E-state index in [2.05, 4.69) is 0 Å². The summed E-state index contributed by atoms with van der Waals surface area (Å²) in [5.74, 6) is 1.01. The molecule has 2 rings (SSSR count). The first kappa shape index (κ1) is 16.5. The molecule has 0 fully saturated rings. The average Bonchev–Trinajstić information content (AvgIpc) is 2.51. The summed E-state index contributed by atoms with van der Waals surface area (Å²) in [5.41, 5.74) is 3.21. The van der Waals surface area contributed by atoms with Gasteiger partial charge in [-0.1, -0.05) is 43.7 Å². The molecule has 118 valence electrons. The van der Waals surface area contributed by atoms with Crippen molar-refractivity contribution in [2.45, 2.75) is 53.1 Å². The average molecular weight is 300 g/mol. The Kier molecular flexibility index (Phi) is 4.87. The standard InChI is InChI=1S/C19H24O3/c1-6-16-12(3)17(20)13(4)19(22-16)14(5)18(21)15-9-7-8-11(2)10-15/h7-10,14,18,21H,6H2,1-5H3/t14-,18+/m0/s1. The predicted molar refractivity (Wildman–Crippen MR) is 88.4 cm³/mol. The van der Waals surface area contributed by atoms with E-state index in [9.17, 15) is 9.90 Å². The molecule has 3 heteroatoms. The fraction of sp³-hybridized carbons (Fsp3) is 0.421. The molecule has 2 atom stereocenters. The molecule has 0 aliphatic heterocycles. The Hall–Kier alpha value is -1.87. The lowest BCUT2D eigenvalue weighted by Crippen LogP contribution is -2.18. The highest BCUT2D eigenvalue weighted by Gasteiger charge is 2.24. The van der Waals surface area contributed by atoms with E-state index < -0.39 is 6.10 Å². The minimum atomic E-state index is -0.700. The fourth-order valence-electron chi connectivity index (χ4n) is 2.86. The molecule has 3 nitrogen and oxygen atoms in total. The van der Waals surface area contributed by atoms with Gasteiger partial charge in [0.2, 0.25) is 0 Å². The summed E-state index contributed by atoms with van der Waals surface area (Å²) in [6.07, 6.45) is -0.0316. The largest absolute Gasteiger partial charge is 0.465 e. The third-order valence-corrected chi connectivity index (χ3v) is 4.29. The zero-order valence-electron chi connectivity index (χ0n) is 13.9. The molecule has 0 saturated carbocycles. The summed E-state index contributed by atoms with van der Waals surface area (Å²) in [5, 5.41) is 10.7. The van der Waals surface area contributed by atoms with Gasteiger partial charge >= 0.3 is 0 Å². The Morgan fingerprint density at radius 3 is 2.45 bits per heavy atom. The van der Waals surface area contributed by atoms with Crippen molar-refractivity contribution in [2.24, 2.45) is 0 Å². The highest BCUT2D eigenvalue weighted by Crippen LogP contribution is 2.32. The summed E-state index contributed by atoms with van der Waals surface area (Å²) >= 11 is 0. The molecule has 1 N–H and O–H groups in total. The Balaban J connectivity index is 2.47. The lowest BCUT2D eigenvalue weighted by molar-refractivity contribution is 0.139. The maximum absolute atomic E-state index is 12.3. The SMILES string of the molecule is CCc1oc([C@@H](C)[C@@H](O)c2cccc(C)c2)c(C)c(=O)c1C. The molecule has 0 unspecified atom stereocenters. The molecule has 1 heterocycles. The molecule has 1 aromatic carbocycles. The second-order valence-corrected chi connectivity index (χ2v) is 5.97. The molecule has 0 saturated heterocycles. The highest BCUT2D eigenvalue weighted by atomic mass is 16.3. The van der Waals surface area contributed by atoms with Gasteiger partial charge in [-0.2, -0.15) is 0 Å². The van der Waals surface area contributed by atoms with Crippen molar-refractivity contribution in [3.63, 3.8) is 0 Å². The highest BCUT2D eigenvalue weighted by molar-refractivity contribution is 5.31. The van der Waals surface area contributed by atoms with Crippen LogP contribution in [0.15, 0.2) is 33.5 Å². The van der Waals surface area contributed by atoms with Crippen LogP contribution in [0.4, 0.5) is 0 Å².